The molecule has 0 aromatic heterocycles. The minimum Gasteiger partial charge on any atom is -0.352 e. The smallest absolute Gasteiger partial charge is 0.264 e. The van der Waals surface area contributed by atoms with Gasteiger partial charge in [-0.25, -0.2) is 8.42 Å². The number of carbonyl (C=O) groups is 2. The maximum atomic E-state index is 14.0. The van der Waals surface area contributed by atoms with Crippen LogP contribution < -0.4 is 9.62 Å². The molecule has 0 spiro atoms. The first kappa shape index (κ1) is 28.9. The van der Waals surface area contributed by atoms with Crippen molar-refractivity contribution >= 4 is 27.5 Å². The largest absolute Gasteiger partial charge is 0.352 e. The molecule has 0 aliphatic heterocycles. The van der Waals surface area contributed by atoms with Crippen LogP contribution in [0.2, 0.25) is 0 Å². The van der Waals surface area contributed by atoms with Crippen molar-refractivity contribution in [3.63, 3.8) is 0 Å². The standard InChI is InChI=1S/C30H37N3O4S/c1-6-27(30(35)31-22(2)3)32(20-25-13-8-7-9-14-25)29(34)21-33(28-15-11-10-12-24(28)5)38(36,37)26-18-16-23(4)17-19-26/h7-19,22,27H,6,20-21H2,1-5H3,(H,31,35)/t27-/m0/s1. The van der Waals surface area contributed by atoms with Gasteiger partial charge in [-0.15, -0.1) is 0 Å². The van der Waals surface area contributed by atoms with E-state index < -0.39 is 28.5 Å². The lowest BCUT2D eigenvalue weighted by molar-refractivity contribution is -0.140. The number of hydrogen-bond donors (Lipinski definition) is 1. The molecule has 38 heavy (non-hydrogen) atoms. The Bertz CT molecular complexity index is 1340. The van der Waals surface area contributed by atoms with Crippen LogP contribution in [0.15, 0.2) is 83.8 Å². The van der Waals surface area contributed by atoms with Crippen molar-refractivity contribution in [3.05, 3.63) is 95.6 Å². The maximum Gasteiger partial charge on any atom is 0.264 e. The molecule has 2 amide bonds. The van der Waals surface area contributed by atoms with E-state index >= 15 is 0 Å². The third kappa shape index (κ3) is 7.01. The van der Waals surface area contributed by atoms with E-state index in [9.17, 15) is 18.0 Å². The molecule has 3 aromatic rings. The van der Waals surface area contributed by atoms with Gasteiger partial charge in [0.25, 0.3) is 10.0 Å². The van der Waals surface area contributed by atoms with Crippen LogP contribution in [0.1, 0.15) is 43.9 Å². The van der Waals surface area contributed by atoms with E-state index in [-0.39, 0.29) is 23.4 Å². The molecular weight excluding hydrogens is 498 g/mol. The van der Waals surface area contributed by atoms with E-state index in [4.69, 9.17) is 0 Å². The van der Waals surface area contributed by atoms with Crippen molar-refractivity contribution < 1.29 is 18.0 Å². The molecule has 0 saturated carbocycles. The van der Waals surface area contributed by atoms with Crippen LogP contribution in [0.25, 0.3) is 0 Å². The summed E-state index contributed by atoms with van der Waals surface area (Å²) < 4.78 is 29.0. The second-order valence-electron chi connectivity index (χ2n) is 9.71. The number of aryl methyl sites for hydroxylation is 2. The maximum absolute atomic E-state index is 14.0. The predicted octanol–water partition coefficient (Wildman–Crippen LogP) is 4.83. The highest BCUT2D eigenvalue weighted by Gasteiger charge is 2.34. The Morgan fingerprint density at radius 1 is 0.868 bits per heavy atom. The second kappa shape index (κ2) is 12.7. The normalized spacial score (nSPS) is 12.2. The van der Waals surface area contributed by atoms with E-state index in [2.05, 4.69) is 5.32 Å². The molecule has 0 radical (unpaired) electrons. The first-order valence-electron chi connectivity index (χ1n) is 12.8. The summed E-state index contributed by atoms with van der Waals surface area (Å²) in [5.74, 6) is -0.728. The molecule has 0 aliphatic carbocycles. The average Bonchev–Trinajstić information content (AvgIpc) is 2.88. The average molecular weight is 536 g/mol. The SMILES string of the molecule is CC[C@@H](C(=O)NC(C)C)N(Cc1ccccc1)C(=O)CN(c1ccccc1C)S(=O)(=O)c1ccc(C)cc1. The fourth-order valence-electron chi connectivity index (χ4n) is 4.27. The minimum absolute atomic E-state index is 0.0957. The van der Waals surface area contributed by atoms with Crippen molar-refractivity contribution in [3.8, 4) is 0 Å². The lowest BCUT2D eigenvalue weighted by Gasteiger charge is -2.34. The Labute approximate surface area is 226 Å². The van der Waals surface area contributed by atoms with Crippen LogP contribution in [-0.2, 0) is 26.2 Å². The lowest BCUT2D eigenvalue weighted by Crippen LogP contribution is -2.53. The quantitative estimate of drug-likeness (QED) is 0.381. The highest BCUT2D eigenvalue weighted by Crippen LogP contribution is 2.27. The van der Waals surface area contributed by atoms with Crippen LogP contribution in [0.5, 0.6) is 0 Å². The summed E-state index contributed by atoms with van der Waals surface area (Å²) in [7, 11) is -4.08. The zero-order valence-electron chi connectivity index (χ0n) is 22.7. The number of anilines is 1. The molecule has 8 heteroatoms. The summed E-state index contributed by atoms with van der Waals surface area (Å²) >= 11 is 0. The van der Waals surface area contributed by atoms with E-state index in [0.29, 0.717) is 12.1 Å². The van der Waals surface area contributed by atoms with Gasteiger partial charge in [0.1, 0.15) is 12.6 Å². The van der Waals surface area contributed by atoms with E-state index in [1.807, 2.05) is 77.1 Å². The Kier molecular flexibility index (Phi) is 9.69. The van der Waals surface area contributed by atoms with Crippen molar-refractivity contribution in [2.75, 3.05) is 10.8 Å². The molecule has 202 valence electrons. The number of sulfonamides is 1. The summed E-state index contributed by atoms with van der Waals surface area (Å²) in [6.45, 7) is 9.00. The van der Waals surface area contributed by atoms with Crippen molar-refractivity contribution in [2.45, 2.75) is 64.6 Å². The van der Waals surface area contributed by atoms with E-state index in [1.165, 1.54) is 4.90 Å². The Balaban J connectivity index is 2.06. The molecule has 1 atom stereocenters. The molecule has 0 heterocycles. The number of benzene rings is 3. The highest BCUT2D eigenvalue weighted by molar-refractivity contribution is 7.92. The van der Waals surface area contributed by atoms with Gasteiger partial charge in [0.15, 0.2) is 0 Å². The second-order valence-corrected chi connectivity index (χ2v) is 11.6. The van der Waals surface area contributed by atoms with Crippen LogP contribution in [-0.4, -0.2) is 43.8 Å². The van der Waals surface area contributed by atoms with Gasteiger partial charge in [0.2, 0.25) is 11.8 Å². The molecule has 7 nitrogen and oxygen atoms in total. The van der Waals surface area contributed by atoms with Gasteiger partial charge in [-0.1, -0.05) is 73.2 Å². The zero-order chi connectivity index (χ0) is 27.9. The minimum atomic E-state index is -4.08. The third-order valence-corrected chi connectivity index (χ3v) is 8.06. The number of amides is 2. The topological polar surface area (TPSA) is 86.8 Å². The molecule has 1 N–H and O–H groups in total. The Morgan fingerprint density at radius 3 is 2.05 bits per heavy atom. The van der Waals surface area contributed by atoms with Gasteiger partial charge in [0.05, 0.1) is 10.6 Å². The fourth-order valence-corrected chi connectivity index (χ4v) is 5.75. The number of carbonyl (C=O) groups excluding carboxylic acids is 2. The van der Waals surface area contributed by atoms with Crippen LogP contribution >= 0.6 is 0 Å². The number of nitrogens with one attached hydrogen (secondary N) is 1. The summed E-state index contributed by atoms with van der Waals surface area (Å²) in [6.07, 6.45) is 0.381. The van der Waals surface area contributed by atoms with Crippen LogP contribution in [0.4, 0.5) is 5.69 Å². The van der Waals surface area contributed by atoms with Gasteiger partial charge in [-0.05, 0) is 63.4 Å². The molecule has 0 aliphatic rings. The summed E-state index contributed by atoms with van der Waals surface area (Å²) in [5, 5.41) is 2.91. The van der Waals surface area contributed by atoms with Gasteiger partial charge < -0.3 is 10.2 Å². The molecular formula is C30H37N3O4S. The van der Waals surface area contributed by atoms with Crippen molar-refractivity contribution in [2.24, 2.45) is 0 Å². The van der Waals surface area contributed by atoms with E-state index in [0.717, 1.165) is 21.0 Å². The first-order valence-corrected chi connectivity index (χ1v) is 14.3. The monoisotopic (exact) mass is 535 g/mol. The van der Waals surface area contributed by atoms with Crippen molar-refractivity contribution in [1.29, 1.82) is 0 Å². The van der Waals surface area contributed by atoms with Gasteiger partial charge in [-0.3, -0.25) is 13.9 Å². The summed E-state index contributed by atoms with van der Waals surface area (Å²) in [6, 6.07) is 22.2. The van der Waals surface area contributed by atoms with Crippen molar-refractivity contribution in [1.82, 2.24) is 10.2 Å². The van der Waals surface area contributed by atoms with E-state index in [1.54, 1.807) is 36.4 Å². The molecule has 0 saturated heterocycles. The summed E-state index contributed by atoms with van der Waals surface area (Å²) in [5.41, 5.74) is 2.91. The molecule has 3 aromatic carbocycles. The summed E-state index contributed by atoms with van der Waals surface area (Å²) in [4.78, 5) is 28.7. The Morgan fingerprint density at radius 2 is 1.47 bits per heavy atom. The molecule has 3 rings (SSSR count). The fraction of sp³-hybridized carbons (Fsp3) is 0.333. The number of rotatable bonds is 11. The lowest BCUT2D eigenvalue weighted by atomic mass is 10.1. The first-order chi connectivity index (χ1) is 18.0. The molecule has 0 bridgehead atoms. The molecule has 0 fully saturated rings. The Hall–Kier alpha value is -3.65. The van der Waals surface area contributed by atoms with Gasteiger partial charge in [-0.2, -0.15) is 0 Å². The molecule has 0 unspecified atom stereocenters. The number of para-hydroxylation sites is 1. The highest BCUT2D eigenvalue weighted by atomic mass is 32.2. The van der Waals surface area contributed by atoms with Crippen LogP contribution in [0, 0.1) is 13.8 Å². The number of hydrogen-bond acceptors (Lipinski definition) is 4. The predicted molar refractivity (Wildman–Crippen MR) is 151 cm³/mol. The zero-order valence-corrected chi connectivity index (χ0v) is 23.5. The van der Waals surface area contributed by atoms with Crippen LogP contribution in [0.3, 0.4) is 0 Å². The third-order valence-electron chi connectivity index (χ3n) is 6.28. The van der Waals surface area contributed by atoms with Gasteiger partial charge >= 0.3 is 0 Å². The number of nitrogens with zero attached hydrogens (tertiary/aromatic N) is 2. The van der Waals surface area contributed by atoms with Gasteiger partial charge in [0, 0.05) is 12.6 Å².